The summed E-state index contributed by atoms with van der Waals surface area (Å²) < 4.78 is 33.8. The summed E-state index contributed by atoms with van der Waals surface area (Å²) in [5, 5.41) is 3.65. The summed E-state index contributed by atoms with van der Waals surface area (Å²) in [6, 6.07) is 27.5. The molecule has 0 radical (unpaired) electrons. The third-order valence-corrected chi connectivity index (χ3v) is 10.2. The van der Waals surface area contributed by atoms with Crippen LogP contribution in [0.4, 0.5) is 0 Å². The zero-order valence-electron chi connectivity index (χ0n) is 28.4. The van der Waals surface area contributed by atoms with Crippen molar-refractivity contribution in [3.63, 3.8) is 0 Å². The minimum absolute atomic E-state index is 0.0211. The van der Waals surface area contributed by atoms with Crippen LogP contribution in [0.1, 0.15) is 32.6 Å². The second-order valence-electron chi connectivity index (χ2n) is 12.6. The zero-order chi connectivity index (χ0) is 36.1. The van der Waals surface area contributed by atoms with Crippen molar-refractivity contribution < 1.29 is 27.2 Å². The normalized spacial score (nSPS) is 12.6. The van der Waals surface area contributed by atoms with Crippen molar-refractivity contribution in [2.75, 3.05) is 7.05 Å². The molecule has 2 unspecified atom stereocenters. The van der Waals surface area contributed by atoms with E-state index in [1.165, 1.54) is 17.0 Å². The Hall–Kier alpha value is -5.94. The van der Waals surface area contributed by atoms with E-state index in [2.05, 4.69) is 15.0 Å². The van der Waals surface area contributed by atoms with Gasteiger partial charge in [-0.2, -0.15) is 0 Å². The van der Waals surface area contributed by atoms with Crippen LogP contribution in [-0.2, 0) is 32.5 Å². The van der Waals surface area contributed by atoms with E-state index < -0.39 is 33.9 Å². The van der Waals surface area contributed by atoms with Crippen LogP contribution in [0.3, 0.4) is 0 Å². The zero-order valence-corrected chi connectivity index (χ0v) is 29.2. The number of likely N-dealkylation sites (N-methyl/N-ethyl adjacent to an activating group) is 1. The number of nitrogens with zero attached hydrogens (tertiary/aromatic N) is 1. The van der Waals surface area contributed by atoms with Crippen LogP contribution in [0.25, 0.3) is 22.0 Å². The van der Waals surface area contributed by atoms with Gasteiger partial charge in [0.05, 0.1) is 17.4 Å². The van der Waals surface area contributed by atoms with Crippen LogP contribution < -0.4 is 10.0 Å². The lowest BCUT2D eigenvalue weighted by Crippen LogP contribution is -2.56. The smallest absolute Gasteiger partial charge is 0.264 e. The van der Waals surface area contributed by atoms with Crippen molar-refractivity contribution in [3.8, 4) is 11.1 Å². The lowest BCUT2D eigenvalue weighted by molar-refractivity contribution is -0.130. The van der Waals surface area contributed by atoms with Crippen molar-refractivity contribution >= 4 is 38.6 Å². The molecule has 0 aliphatic rings. The van der Waals surface area contributed by atoms with E-state index in [1.54, 1.807) is 56.1 Å². The fourth-order valence-corrected chi connectivity index (χ4v) is 7.23. The lowest BCUT2D eigenvalue weighted by atomic mass is 9.99. The average Bonchev–Trinajstić information content (AvgIpc) is 3.81. The molecular formula is C40H38N4O6S. The number of aromatic nitrogens is 1. The molecule has 0 fully saturated rings. The number of amides is 3. The van der Waals surface area contributed by atoms with E-state index in [1.807, 2.05) is 74.5 Å². The third kappa shape index (κ3) is 8.11. The van der Waals surface area contributed by atoms with Gasteiger partial charge < -0.3 is 19.6 Å². The Morgan fingerprint density at radius 2 is 1.49 bits per heavy atom. The molecule has 0 saturated heterocycles. The minimum atomic E-state index is -4.26. The van der Waals surface area contributed by atoms with E-state index in [0.29, 0.717) is 11.1 Å². The number of carbonyl (C=O) groups excluding carboxylic acids is 3. The first-order valence-electron chi connectivity index (χ1n) is 16.4. The molecule has 0 spiro atoms. The van der Waals surface area contributed by atoms with Gasteiger partial charge in [-0.25, -0.2) is 13.1 Å². The van der Waals surface area contributed by atoms with Gasteiger partial charge in [0.1, 0.15) is 12.1 Å². The first-order chi connectivity index (χ1) is 24.5. The molecule has 51 heavy (non-hydrogen) atoms. The van der Waals surface area contributed by atoms with Gasteiger partial charge in [-0.1, -0.05) is 77.9 Å². The first-order valence-corrected chi connectivity index (χ1v) is 17.9. The molecule has 10 nitrogen and oxygen atoms in total. The number of aryl methyl sites for hydroxylation is 2. The molecule has 2 atom stereocenters. The molecule has 2 aromatic heterocycles. The molecule has 3 N–H and O–H groups in total. The number of aromatic amines is 1. The molecule has 0 bridgehead atoms. The Labute approximate surface area is 296 Å². The first kappa shape index (κ1) is 34.9. The predicted octanol–water partition coefficient (Wildman–Crippen LogP) is 5.96. The van der Waals surface area contributed by atoms with Gasteiger partial charge in [0.25, 0.3) is 21.8 Å². The highest BCUT2D eigenvalue weighted by atomic mass is 32.2. The van der Waals surface area contributed by atoms with Gasteiger partial charge in [0.2, 0.25) is 5.91 Å². The molecular weight excluding hydrogens is 665 g/mol. The highest BCUT2D eigenvalue weighted by Crippen LogP contribution is 2.23. The van der Waals surface area contributed by atoms with E-state index in [4.69, 9.17) is 4.42 Å². The number of nitrogens with one attached hydrogen (secondary N) is 3. The molecule has 3 amide bonds. The summed E-state index contributed by atoms with van der Waals surface area (Å²) in [7, 11) is -2.70. The summed E-state index contributed by atoms with van der Waals surface area (Å²) >= 11 is 0. The van der Waals surface area contributed by atoms with Gasteiger partial charge in [-0.3, -0.25) is 14.4 Å². The van der Waals surface area contributed by atoms with Crippen LogP contribution in [0, 0.1) is 13.8 Å². The number of hydrogen-bond acceptors (Lipinski definition) is 6. The fourth-order valence-electron chi connectivity index (χ4n) is 6.19. The van der Waals surface area contributed by atoms with Gasteiger partial charge >= 0.3 is 0 Å². The van der Waals surface area contributed by atoms with Crippen LogP contribution >= 0.6 is 0 Å². The largest absolute Gasteiger partial charge is 0.472 e. The monoisotopic (exact) mass is 702 g/mol. The number of fused-ring (bicyclic) bond motifs is 1. The van der Waals surface area contributed by atoms with E-state index >= 15 is 0 Å². The van der Waals surface area contributed by atoms with Crippen molar-refractivity contribution in [2.45, 2.75) is 43.7 Å². The van der Waals surface area contributed by atoms with Gasteiger partial charge in [-0.15, -0.1) is 0 Å². The van der Waals surface area contributed by atoms with Crippen LogP contribution in [-0.4, -0.2) is 55.2 Å². The van der Waals surface area contributed by atoms with E-state index in [-0.39, 0.29) is 23.6 Å². The topological polar surface area (TPSA) is 142 Å². The van der Waals surface area contributed by atoms with Gasteiger partial charge in [-0.05, 0) is 66.9 Å². The summed E-state index contributed by atoms with van der Waals surface area (Å²) in [5.74, 6) is -1.91. The van der Waals surface area contributed by atoms with E-state index in [9.17, 15) is 22.8 Å². The Bertz CT molecular complexity index is 2260. The number of furan rings is 1. The maximum absolute atomic E-state index is 14.4. The number of carbonyl (C=O) groups is 3. The summed E-state index contributed by atoms with van der Waals surface area (Å²) in [6.07, 6.45) is 5.06. The summed E-state index contributed by atoms with van der Waals surface area (Å²) in [6.45, 7) is 3.79. The van der Waals surface area contributed by atoms with Crippen LogP contribution in [0.15, 0.2) is 131 Å². The van der Waals surface area contributed by atoms with Crippen molar-refractivity contribution in [1.82, 2.24) is 19.9 Å². The Morgan fingerprint density at radius 3 is 2.18 bits per heavy atom. The fraction of sp³-hybridized carbons (Fsp3) is 0.175. The number of para-hydroxylation sites is 1. The second-order valence-corrected chi connectivity index (χ2v) is 14.3. The van der Waals surface area contributed by atoms with Gasteiger partial charge in [0, 0.05) is 48.1 Å². The molecule has 6 rings (SSSR count). The van der Waals surface area contributed by atoms with Gasteiger partial charge in [0.15, 0.2) is 0 Å². The maximum Gasteiger partial charge on any atom is 0.264 e. The van der Waals surface area contributed by atoms with Crippen LogP contribution in [0.5, 0.6) is 0 Å². The molecule has 0 saturated carbocycles. The third-order valence-electron chi connectivity index (χ3n) is 8.82. The van der Waals surface area contributed by atoms with Crippen molar-refractivity contribution in [1.29, 1.82) is 0 Å². The highest BCUT2D eigenvalue weighted by molar-refractivity contribution is 7.90. The Kier molecular flexibility index (Phi) is 10.2. The standard InChI is InChI=1S/C40H38N4O6S/c1-26-19-27(2)21-31(20-26)40(47)44(3)37(22-28-13-15-29(16-14-28)30-17-18-50-25-30)39(46)42-36(23-32-24-41-35-12-8-7-11-34(32)35)38(45)43-51(48,49)33-9-5-4-6-10-33/h4-21,24-25,36-37,41H,22-23H2,1-3H3,(H,42,46)(H,43,45). The molecule has 6 aromatic rings. The second kappa shape index (κ2) is 14.9. The summed E-state index contributed by atoms with van der Waals surface area (Å²) in [4.78, 5) is 46.6. The molecule has 260 valence electrons. The molecule has 11 heteroatoms. The SMILES string of the molecule is Cc1cc(C)cc(C(=O)N(C)C(Cc2ccc(-c3ccoc3)cc2)C(=O)NC(Cc2c[nH]c3ccccc23)C(=O)NS(=O)(=O)c2ccccc2)c1. The van der Waals surface area contributed by atoms with E-state index in [0.717, 1.165) is 38.7 Å². The molecule has 2 heterocycles. The van der Waals surface area contributed by atoms with Crippen molar-refractivity contribution in [2.24, 2.45) is 0 Å². The number of rotatable bonds is 12. The summed E-state index contributed by atoms with van der Waals surface area (Å²) in [5.41, 5.74) is 6.34. The number of benzene rings is 4. The Morgan fingerprint density at radius 1 is 0.804 bits per heavy atom. The average molecular weight is 703 g/mol. The quantitative estimate of drug-likeness (QED) is 0.144. The van der Waals surface area contributed by atoms with Crippen LogP contribution in [0.2, 0.25) is 0 Å². The van der Waals surface area contributed by atoms with Crippen molar-refractivity contribution in [3.05, 3.63) is 150 Å². The maximum atomic E-state index is 14.4. The Balaban J connectivity index is 1.33. The number of H-pyrrole nitrogens is 1. The highest BCUT2D eigenvalue weighted by Gasteiger charge is 2.33. The molecule has 0 aliphatic heterocycles. The predicted molar refractivity (Wildman–Crippen MR) is 195 cm³/mol. The molecule has 0 aliphatic carbocycles. The number of hydrogen-bond donors (Lipinski definition) is 3. The molecule has 4 aromatic carbocycles. The lowest BCUT2D eigenvalue weighted by Gasteiger charge is -2.29. The number of sulfonamides is 1. The minimum Gasteiger partial charge on any atom is -0.472 e.